The molecule has 1 heterocycles. The number of hydrogen-bond donors (Lipinski definition) is 2. The Bertz CT molecular complexity index is 1460. The minimum atomic E-state index is -0.262. The summed E-state index contributed by atoms with van der Waals surface area (Å²) in [5, 5.41) is 5.70. The van der Waals surface area contributed by atoms with E-state index in [1.165, 1.54) is 6.42 Å². The van der Waals surface area contributed by atoms with Crippen molar-refractivity contribution in [3.8, 4) is 23.0 Å². The van der Waals surface area contributed by atoms with Crippen LogP contribution in [0.4, 0.5) is 16.2 Å². The molecule has 50 heavy (non-hydrogen) atoms. The molecule has 0 aromatic heterocycles. The van der Waals surface area contributed by atoms with Gasteiger partial charge in [0.25, 0.3) is 5.91 Å². The average molecular weight is 690 g/mol. The fourth-order valence-electron chi connectivity index (χ4n) is 5.82. The van der Waals surface area contributed by atoms with Crippen LogP contribution in [0.2, 0.25) is 0 Å². The van der Waals surface area contributed by atoms with Gasteiger partial charge >= 0.3 is 6.03 Å². The molecule has 3 aromatic rings. The molecule has 1 saturated heterocycles. The van der Waals surface area contributed by atoms with Crippen molar-refractivity contribution >= 4 is 23.3 Å². The summed E-state index contributed by atoms with van der Waals surface area (Å²) in [4.78, 5) is 32.4. The lowest BCUT2D eigenvalue weighted by Gasteiger charge is -2.32. The third kappa shape index (κ3) is 12.2. The molecule has 0 atom stereocenters. The molecule has 0 spiro atoms. The maximum absolute atomic E-state index is 13.7. The lowest BCUT2D eigenvalue weighted by molar-refractivity contribution is 0.0972. The normalized spacial score (nSPS) is 13.6. The van der Waals surface area contributed by atoms with Crippen molar-refractivity contribution in [3.63, 3.8) is 0 Å². The van der Waals surface area contributed by atoms with Crippen molar-refractivity contribution in [3.05, 3.63) is 72.3 Å². The van der Waals surface area contributed by atoms with Gasteiger partial charge in [-0.3, -0.25) is 4.79 Å². The van der Waals surface area contributed by atoms with Gasteiger partial charge in [0.15, 0.2) is 11.5 Å². The standard InChI is InChI=1S/C39H55N5O6/c1-6-7-8-22-40-39(46)41-31-12-19-36(37(29-31)48-5)50-34-17-13-32(14-18-34)44(27-28-47-4)38(45)30-10-15-33(16-11-30)49-35-20-25-43(26-21-35)24-9-23-42(2)3/h10-19,29,35H,6-9,20-28H2,1-5H3,(H2,40,41,46). The average Bonchev–Trinajstić information content (AvgIpc) is 3.12. The number of anilines is 2. The van der Waals surface area contributed by atoms with Gasteiger partial charge in [-0.2, -0.15) is 0 Å². The third-order valence-electron chi connectivity index (χ3n) is 8.65. The highest BCUT2D eigenvalue weighted by Gasteiger charge is 2.22. The number of rotatable bonds is 19. The number of unbranched alkanes of at least 4 members (excludes halogenated alkanes) is 2. The summed E-state index contributed by atoms with van der Waals surface area (Å²) < 4.78 is 23.3. The van der Waals surface area contributed by atoms with Crippen LogP contribution < -0.4 is 29.7 Å². The van der Waals surface area contributed by atoms with Gasteiger partial charge < -0.3 is 44.3 Å². The molecule has 0 saturated carbocycles. The van der Waals surface area contributed by atoms with E-state index >= 15 is 0 Å². The highest BCUT2D eigenvalue weighted by atomic mass is 16.5. The minimum absolute atomic E-state index is 0.132. The minimum Gasteiger partial charge on any atom is -0.493 e. The number of benzene rings is 3. The molecule has 11 heteroatoms. The summed E-state index contributed by atoms with van der Waals surface area (Å²) in [6.07, 6.45) is 6.47. The molecule has 0 aliphatic carbocycles. The summed E-state index contributed by atoms with van der Waals surface area (Å²) in [6, 6.07) is 19.7. The van der Waals surface area contributed by atoms with Crippen LogP contribution in [-0.4, -0.2) is 102 Å². The molecule has 2 N–H and O–H groups in total. The number of urea groups is 1. The first-order valence-corrected chi connectivity index (χ1v) is 17.7. The van der Waals surface area contributed by atoms with Crippen LogP contribution in [0.5, 0.6) is 23.0 Å². The Balaban J connectivity index is 1.33. The molecule has 0 radical (unpaired) electrons. The van der Waals surface area contributed by atoms with E-state index in [0.29, 0.717) is 53.9 Å². The first kappa shape index (κ1) is 38.5. The van der Waals surface area contributed by atoms with Crippen LogP contribution in [0.15, 0.2) is 66.7 Å². The number of likely N-dealkylation sites (tertiary alicyclic amines) is 1. The van der Waals surface area contributed by atoms with Gasteiger partial charge in [0.05, 0.1) is 13.7 Å². The Labute approximate surface area is 297 Å². The monoisotopic (exact) mass is 689 g/mol. The highest BCUT2D eigenvalue weighted by molar-refractivity contribution is 6.06. The number of carbonyl (C=O) groups is 2. The second-order valence-corrected chi connectivity index (χ2v) is 12.8. The lowest BCUT2D eigenvalue weighted by atomic mass is 10.1. The van der Waals surface area contributed by atoms with Crippen molar-refractivity contribution in [2.45, 2.75) is 51.6 Å². The van der Waals surface area contributed by atoms with Crippen molar-refractivity contribution < 1.29 is 28.5 Å². The topological polar surface area (TPSA) is 105 Å². The van der Waals surface area contributed by atoms with Gasteiger partial charge in [0.1, 0.15) is 17.6 Å². The summed E-state index contributed by atoms with van der Waals surface area (Å²) in [6.45, 7) is 7.84. The van der Waals surface area contributed by atoms with Crippen LogP contribution in [-0.2, 0) is 4.74 Å². The Hall–Kier alpha value is -4.32. The molecule has 3 amide bonds. The van der Waals surface area contributed by atoms with Crippen LogP contribution >= 0.6 is 0 Å². The van der Waals surface area contributed by atoms with Gasteiger partial charge in [0, 0.05) is 56.3 Å². The van der Waals surface area contributed by atoms with Gasteiger partial charge in [-0.1, -0.05) is 19.8 Å². The molecule has 1 aliphatic rings. The second kappa shape index (κ2) is 20.4. The third-order valence-corrected chi connectivity index (χ3v) is 8.65. The fourth-order valence-corrected chi connectivity index (χ4v) is 5.82. The Morgan fingerprint density at radius 1 is 0.860 bits per heavy atom. The maximum atomic E-state index is 13.7. The van der Waals surface area contributed by atoms with Crippen molar-refractivity contribution in [1.82, 2.24) is 15.1 Å². The van der Waals surface area contributed by atoms with Crippen molar-refractivity contribution in [2.75, 3.05) is 84.4 Å². The maximum Gasteiger partial charge on any atom is 0.319 e. The molecule has 272 valence electrons. The van der Waals surface area contributed by atoms with E-state index in [9.17, 15) is 9.59 Å². The first-order chi connectivity index (χ1) is 24.3. The zero-order valence-electron chi connectivity index (χ0n) is 30.4. The van der Waals surface area contributed by atoms with E-state index in [2.05, 4.69) is 41.5 Å². The number of methoxy groups -OCH3 is 2. The molecule has 0 unspecified atom stereocenters. The molecule has 3 aromatic carbocycles. The van der Waals surface area contributed by atoms with Gasteiger partial charge in [-0.05, 0) is 114 Å². The largest absolute Gasteiger partial charge is 0.493 e. The predicted octanol–water partition coefficient (Wildman–Crippen LogP) is 6.89. The zero-order valence-corrected chi connectivity index (χ0v) is 30.4. The summed E-state index contributed by atoms with van der Waals surface area (Å²) in [5.41, 5.74) is 1.88. The Morgan fingerprint density at radius 3 is 2.24 bits per heavy atom. The highest BCUT2D eigenvalue weighted by Crippen LogP contribution is 2.35. The van der Waals surface area contributed by atoms with Crippen LogP contribution in [0.25, 0.3) is 0 Å². The van der Waals surface area contributed by atoms with E-state index in [1.807, 2.05) is 48.5 Å². The Kier molecular flexibility index (Phi) is 15.7. The number of nitrogens with zero attached hydrogens (tertiary/aromatic N) is 3. The molecular formula is C39H55N5O6. The quantitative estimate of drug-likeness (QED) is 0.131. The number of amides is 3. The first-order valence-electron chi connectivity index (χ1n) is 17.7. The SMILES string of the molecule is CCCCCNC(=O)Nc1ccc(Oc2ccc(N(CCOC)C(=O)c3ccc(OC4CCN(CCCN(C)C)CC4)cc3)cc2)c(OC)c1. The molecular weight excluding hydrogens is 634 g/mol. The fraction of sp³-hybridized carbons (Fsp3) is 0.487. The number of hydrogen-bond acceptors (Lipinski definition) is 8. The van der Waals surface area contributed by atoms with E-state index in [-0.39, 0.29) is 18.0 Å². The van der Waals surface area contributed by atoms with Gasteiger partial charge in [0.2, 0.25) is 0 Å². The molecule has 0 bridgehead atoms. The summed E-state index contributed by atoms with van der Waals surface area (Å²) in [5.74, 6) is 2.19. The summed E-state index contributed by atoms with van der Waals surface area (Å²) >= 11 is 0. The van der Waals surface area contributed by atoms with Crippen LogP contribution in [0.3, 0.4) is 0 Å². The van der Waals surface area contributed by atoms with Crippen molar-refractivity contribution in [1.29, 1.82) is 0 Å². The number of carbonyl (C=O) groups excluding carboxylic acids is 2. The number of nitrogens with one attached hydrogen (secondary N) is 2. The van der Waals surface area contributed by atoms with Crippen molar-refractivity contribution in [2.24, 2.45) is 0 Å². The number of piperidine rings is 1. The molecule has 1 fully saturated rings. The van der Waals surface area contributed by atoms with Crippen LogP contribution in [0, 0.1) is 0 Å². The Morgan fingerprint density at radius 2 is 1.58 bits per heavy atom. The zero-order chi connectivity index (χ0) is 35.7. The smallest absolute Gasteiger partial charge is 0.319 e. The van der Waals surface area contributed by atoms with Crippen LogP contribution in [0.1, 0.15) is 55.8 Å². The van der Waals surface area contributed by atoms with E-state index in [1.54, 1.807) is 37.3 Å². The molecule has 1 aliphatic heterocycles. The number of ether oxygens (including phenoxy) is 4. The van der Waals surface area contributed by atoms with Gasteiger partial charge in [-0.15, -0.1) is 0 Å². The van der Waals surface area contributed by atoms with Gasteiger partial charge in [-0.25, -0.2) is 4.79 Å². The predicted molar refractivity (Wildman–Crippen MR) is 199 cm³/mol. The molecule has 11 nitrogen and oxygen atoms in total. The van der Waals surface area contributed by atoms with E-state index in [0.717, 1.165) is 64.0 Å². The lowest BCUT2D eigenvalue weighted by Crippen LogP contribution is -2.39. The summed E-state index contributed by atoms with van der Waals surface area (Å²) in [7, 11) is 7.40. The van der Waals surface area contributed by atoms with E-state index in [4.69, 9.17) is 18.9 Å². The van der Waals surface area contributed by atoms with E-state index < -0.39 is 0 Å². The molecule has 4 rings (SSSR count). The second-order valence-electron chi connectivity index (χ2n) is 12.8.